The number of nitrogens with one attached hydrogen (secondary N) is 1. The van der Waals surface area contributed by atoms with Crippen LogP contribution in [0.25, 0.3) is 0 Å². The normalized spacial score (nSPS) is 19.4. The van der Waals surface area contributed by atoms with Crippen LogP contribution in [-0.4, -0.2) is 41.1 Å². The minimum Gasteiger partial charge on any atom is -0.508 e. The zero-order valence-corrected chi connectivity index (χ0v) is 27.1. The molecule has 0 radical (unpaired) electrons. The molecule has 3 aliphatic rings. The molecule has 0 aromatic heterocycles. The first kappa shape index (κ1) is 31.7. The quantitative estimate of drug-likeness (QED) is 0.225. The molecule has 3 atom stereocenters. The molecule has 7 nitrogen and oxygen atoms in total. The van der Waals surface area contributed by atoms with Crippen molar-refractivity contribution in [1.82, 2.24) is 10.2 Å². The highest BCUT2D eigenvalue weighted by Crippen LogP contribution is 2.47. The van der Waals surface area contributed by atoms with Crippen molar-refractivity contribution in [1.29, 1.82) is 0 Å². The van der Waals surface area contributed by atoms with Crippen LogP contribution < -0.4 is 14.8 Å². The standard InChI is InChI=1S/C42H36N2O5/c1-28-11-22-39(41(46)43-28)44-27-32-26-35(18-21-38(32)42(44)47)49-24-8-3-2-7-23-48-34-16-12-30(13-17-34)40-36(29-9-5-4-6-10-29)19-14-31-25-33(45)15-20-37(31)40/h4-6,9-10,12-13,15-18,20-21,25-26,36,39-40,45H,1,11,14,19,22-24,27H2,(H,43,46)/t36-,39?,40+/m1/s1. The average Bonchev–Trinajstić information content (AvgIpc) is 3.44. The third-order valence-corrected chi connectivity index (χ3v) is 9.52. The molecule has 49 heavy (non-hydrogen) atoms. The van der Waals surface area contributed by atoms with Gasteiger partial charge in [-0.05, 0) is 126 Å². The van der Waals surface area contributed by atoms with Gasteiger partial charge in [0.1, 0.15) is 36.5 Å². The monoisotopic (exact) mass is 648 g/mol. The Kier molecular flexibility index (Phi) is 9.08. The molecule has 0 bridgehead atoms. The number of rotatable bonds is 7. The summed E-state index contributed by atoms with van der Waals surface area (Å²) in [4.78, 5) is 27.0. The molecule has 0 saturated carbocycles. The number of hydrogen-bond acceptors (Lipinski definition) is 5. The maximum Gasteiger partial charge on any atom is 0.255 e. The summed E-state index contributed by atoms with van der Waals surface area (Å²) in [6.45, 7) is 4.53. The van der Waals surface area contributed by atoms with Crippen LogP contribution in [0.1, 0.15) is 69.3 Å². The SMILES string of the molecule is C=C1CCC(N2Cc3cc(OCC#CC#CCOc4ccc([C@@H]5c6ccc(O)cc6CC[C@@H]5c5ccccc5)cc4)ccc3C2=O)C(=O)N1. The van der Waals surface area contributed by atoms with Crippen LogP contribution in [0.3, 0.4) is 0 Å². The number of ether oxygens (including phenoxy) is 2. The average molecular weight is 649 g/mol. The first-order valence-electron chi connectivity index (χ1n) is 16.5. The van der Waals surface area contributed by atoms with Crippen LogP contribution in [0.4, 0.5) is 0 Å². The Bertz CT molecular complexity index is 2030. The first-order chi connectivity index (χ1) is 23.9. The molecule has 2 heterocycles. The van der Waals surface area contributed by atoms with E-state index in [0.29, 0.717) is 48.1 Å². The molecule has 2 N–H and O–H groups in total. The summed E-state index contributed by atoms with van der Waals surface area (Å²) >= 11 is 0. The lowest BCUT2D eigenvalue weighted by Crippen LogP contribution is -2.49. The number of carbonyl (C=O) groups is 2. The van der Waals surface area contributed by atoms with Crippen LogP contribution in [0.5, 0.6) is 17.2 Å². The predicted octanol–water partition coefficient (Wildman–Crippen LogP) is 6.47. The molecular weight excluding hydrogens is 612 g/mol. The second-order valence-corrected chi connectivity index (χ2v) is 12.6. The maximum atomic E-state index is 12.9. The molecule has 2 amide bonds. The fourth-order valence-corrected chi connectivity index (χ4v) is 7.17. The molecule has 2 aliphatic heterocycles. The lowest BCUT2D eigenvalue weighted by atomic mass is 9.69. The first-order valence-corrected chi connectivity index (χ1v) is 16.5. The minimum absolute atomic E-state index is 0.143. The van der Waals surface area contributed by atoms with Crippen LogP contribution >= 0.6 is 0 Å². The van der Waals surface area contributed by atoms with Crippen molar-refractivity contribution < 1.29 is 24.2 Å². The molecule has 4 aromatic rings. The molecule has 244 valence electrons. The van der Waals surface area contributed by atoms with Crippen molar-refractivity contribution in [3.63, 3.8) is 0 Å². The van der Waals surface area contributed by atoms with Gasteiger partial charge in [-0.1, -0.05) is 55.1 Å². The van der Waals surface area contributed by atoms with Gasteiger partial charge in [-0.3, -0.25) is 9.59 Å². The number of phenols is 1. The zero-order chi connectivity index (χ0) is 33.7. The van der Waals surface area contributed by atoms with Gasteiger partial charge in [0.2, 0.25) is 5.91 Å². The van der Waals surface area contributed by atoms with Crippen molar-refractivity contribution in [3.8, 4) is 40.9 Å². The summed E-state index contributed by atoms with van der Waals surface area (Å²) < 4.78 is 11.6. The minimum atomic E-state index is -0.494. The molecule has 7 heteroatoms. The van der Waals surface area contributed by atoms with Gasteiger partial charge < -0.3 is 24.8 Å². The third kappa shape index (κ3) is 6.89. The number of hydrogen-bond donors (Lipinski definition) is 2. The molecule has 1 unspecified atom stereocenters. The summed E-state index contributed by atoms with van der Waals surface area (Å²) in [5.41, 5.74) is 7.10. The van der Waals surface area contributed by atoms with Crippen LogP contribution in [-0.2, 0) is 17.8 Å². The topological polar surface area (TPSA) is 88.1 Å². The van der Waals surface area contributed by atoms with E-state index in [1.54, 1.807) is 23.1 Å². The zero-order valence-electron chi connectivity index (χ0n) is 27.1. The number of piperidine rings is 1. The van der Waals surface area contributed by atoms with Crippen molar-refractivity contribution >= 4 is 11.8 Å². The van der Waals surface area contributed by atoms with Gasteiger partial charge in [0, 0.05) is 23.7 Å². The fourth-order valence-electron chi connectivity index (χ4n) is 7.17. The van der Waals surface area contributed by atoms with Gasteiger partial charge in [-0.15, -0.1) is 0 Å². The van der Waals surface area contributed by atoms with Crippen molar-refractivity contribution in [3.05, 3.63) is 137 Å². The summed E-state index contributed by atoms with van der Waals surface area (Å²) in [7, 11) is 0. The summed E-state index contributed by atoms with van der Waals surface area (Å²) in [6.07, 6.45) is 3.17. The number of benzene rings is 4. The summed E-state index contributed by atoms with van der Waals surface area (Å²) in [5, 5.41) is 12.9. The van der Waals surface area contributed by atoms with Gasteiger partial charge in [0.05, 0.1) is 0 Å². The Balaban J connectivity index is 0.918. The van der Waals surface area contributed by atoms with Gasteiger partial charge in [-0.2, -0.15) is 0 Å². The molecular formula is C42H36N2O5. The maximum absolute atomic E-state index is 12.9. The highest BCUT2D eigenvalue weighted by atomic mass is 16.5. The largest absolute Gasteiger partial charge is 0.508 e. The van der Waals surface area contributed by atoms with Crippen molar-refractivity contribution in [2.24, 2.45) is 0 Å². The summed E-state index contributed by atoms with van der Waals surface area (Å²) in [6, 6.07) is 29.4. The molecule has 4 aromatic carbocycles. The van der Waals surface area contributed by atoms with Crippen LogP contribution in [0.2, 0.25) is 0 Å². The Hall–Kier alpha value is -5.92. The van der Waals surface area contributed by atoms with Crippen molar-refractivity contribution in [2.75, 3.05) is 13.2 Å². The number of allylic oxidation sites excluding steroid dienone is 1. The molecule has 1 saturated heterocycles. The summed E-state index contributed by atoms with van der Waals surface area (Å²) in [5.74, 6) is 13.3. The Labute approximate surface area is 286 Å². The van der Waals surface area contributed by atoms with E-state index in [9.17, 15) is 14.7 Å². The number of nitrogens with zero attached hydrogens (tertiary/aromatic N) is 1. The number of fused-ring (bicyclic) bond motifs is 2. The highest BCUT2D eigenvalue weighted by molar-refractivity contribution is 6.01. The third-order valence-electron chi connectivity index (χ3n) is 9.52. The van der Waals surface area contributed by atoms with Crippen LogP contribution in [0, 0.1) is 23.7 Å². The predicted molar refractivity (Wildman–Crippen MR) is 187 cm³/mol. The second-order valence-electron chi connectivity index (χ2n) is 12.6. The van der Waals surface area contributed by atoms with E-state index in [1.807, 2.05) is 24.3 Å². The Morgan fingerprint density at radius 2 is 1.53 bits per heavy atom. The number of carbonyl (C=O) groups excluding carboxylic acids is 2. The molecule has 0 spiro atoms. The Morgan fingerprint density at radius 1 is 0.796 bits per heavy atom. The van der Waals surface area contributed by atoms with E-state index in [1.165, 1.54) is 22.3 Å². The highest BCUT2D eigenvalue weighted by Gasteiger charge is 2.38. The fraction of sp³-hybridized carbons (Fsp3) is 0.238. The van der Waals surface area contributed by atoms with Gasteiger partial charge in [0.25, 0.3) is 5.91 Å². The molecule has 1 aliphatic carbocycles. The Morgan fingerprint density at radius 3 is 2.29 bits per heavy atom. The van der Waals surface area contributed by atoms with E-state index < -0.39 is 6.04 Å². The number of aryl methyl sites for hydroxylation is 1. The van der Waals surface area contributed by atoms with E-state index in [2.05, 4.69) is 84.1 Å². The molecule has 7 rings (SSSR count). The second kappa shape index (κ2) is 14.1. The van der Waals surface area contributed by atoms with Gasteiger partial charge in [0.15, 0.2) is 0 Å². The molecule has 1 fully saturated rings. The van der Waals surface area contributed by atoms with Gasteiger partial charge >= 0.3 is 0 Å². The van der Waals surface area contributed by atoms with E-state index in [-0.39, 0.29) is 30.9 Å². The van der Waals surface area contributed by atoms with Gasteiger partial charge in [-0.25, -0.2) is 0 Å². The van der Waals surface area contributed by atoms with Crippen LogP contribution in [0.15, 0.2) is 103 Å². The van der Waals surface area contributed by atoms with Crippen molar-refractivity contribution in [2.45, 2.75) is 50.1 Å². The van der Waals surface area contributed by atoms with E-state index in [4.69, 9.17) is 9.47 Å². The number of amides is 2. The van der Waals surface area contributed by atoms with E-state index >= 15 is 0 Å². The number of phenolic OH excluding ortho intramolecular Hbond substituents is 1. The lowest BCUT2D eigenvalue weighted by Gasteiger charge is -2.34. The number of aromatic hydroxyl groups is 1. The lowest BCUT2D eigenvalue weighted by molar-refractivity contribution is -0.126. The smallest absolute Gasteiger partial charge is 0.255 e. The van der Waals surface area contributed by atoms with E-state index in [0.717, 1.165) is 24.2 Å².